The zero-order chi connectivity index (χ0) is 14.5. The van der Waals surface area contributed by atoms with Gasteiger partial charge in [0.05, 0.1) is 13.1 Å². The second kappa shape index (κ2) is 6.18. The minimum atomic E-state index is -0.354. The molecule has 3 nitrogen and oxygen atoms in total. The van der Waals surface area contributed by atoms with E-state index in [1.807, 2.05) is 13.0 Å². The number of hydrogen-bond donors (Lipinski definition) is 1. The molecule has 102 valence electrons. The van der Waals surface area contributed by atoms with Crippen LogP contribution in [0, 0.1) is 24.6 Å². The monoisotopic (exact) mass is 270 g/mol. The molecule has 1 heterocycles. The Hall–Kier alpha value is -2.38. The van der Waals surface area contributed by atoms with Gasteiger partial charge >= 0.3 is 0 Å². The number of benzene rings is 1. The van der Waals surface area contributed by atoms with Crippen LogP contribution in [0.4, 0.5) is 4.39 Å². The van der Waals surface area contributed by atoms with Gasteiger partial charge in [-0.1, -0.05) is 24.0 Å². The lowest BCUT2D eigenvalue weighted by Gasteiger charge is -2.11. The van der Waals surface area contributed by atoms with Crippen LogP contribution in [0.25, 0.3) is 0 Å². The average molecular weight is 270 g/mol. The molecule has 0 spiro atoms. The van der Waals surface area contributed by atoms with Crippen molar-refractivity contribution < 1.29 is 4.39 Å². The van der Waals surface area contributed by atoms with Crippen LogP contribution >= 0.6 is 0 Å². The summed E-state index contributed by atoms with van der Waals surface area (Å²) in [7, 11) is 0. The van der Waals surface area contributed by atoms with E-state index in [2.05, 4.69) is 11.8 Å². The van der Waals surface area contributed by atoms with Gasteiger partial charge in [0, 0.05) is 17.3 Å². The van der Waals surface area contributed by atoms with E-state index >= 15 is 0 Å². The standard InChI is InChI=1S/C16H15FN2O/c1-12-4-2-6-16(20)19(12)11-14-7-8-15(17)10-13(14)5-3-9-18/h2,4,6-8,10H,9,11,18H2,1H3. The maximum atomic E-state index is 13.3. The molecule has 0 atom stereocenters. The largest absolute Gasteiger partial charge is 0.320 e. The van der Waals surface area contributed by atoms with E-state index in [1.54, 1.807) is 16.7 Å². The van der Waals surface area contributed by atoms with E-state index in [1.165, 1.54) is 18.2 Å². The molecule has 0 aliphatic rings. The van der Waals surface area contributed by atoms with E-state index in [9.17, 15) is 9.18 Å². The van der Waals surface area contributed by atoms with E-state index in [4.69, 9.17) is 5.73 Å². The third-order valence-electron chi connectivity index (χ3n) is 2.99. The summed E-state index contributed by atoms with van der Waals surface area (Å²) in [5.41, 5.74) is 7.45. The summed E-state index contributed by atoms with van der Waals surface area (Å²) in [5.74, 6) is 5.20. The quantitative estimate of drug-likeness (QED) is 0.844. The molecule has 0 aliphatic heterocycles. The van der Waals surface area contributed by atoms with Crippen LogP contribution in [0.15, 0.2) is 41.2 Å². The lowest BCUT2D eigenvalue weighted by molar-refractivity contribution is 0.625. The van der Waals surface area contributed by atoms with Gasteiger partial charge in [-0.05, 0) is 30.7 Å². The number of nitrogens with zero attached hydrogens (tertiary/aromatic N) is 1. The van der Waals surface area contributed by atoms with Crippen molar-refractivity contribution in [1.29, 1.82) is 0 Å². The number of pyridine rings is 1. The van der Waals surface area contributed by atoms with Crippen LogP contribution < -0.4 is 11.3 Å². The van der Waals surface area contributed by atoms with Crippen molar-refractivity contribution >= 4 is 0 Å². The van der Waals surface area contributed by atoms with E-state index < -0.39 is 0 Å². The first-order chi connectivity index (χ1) is 9.61. The van der Waals surface area contributed by atoms with Crippen LogP contribution in [0.2, 0.25) is 0 Å². The Bertz CT molecular complexity index is 738. The zero-order valence-corrected chi connectivity index (χ0v) is 11.2. The van der Waals surface area contributed by atoms with Gasteiger partial charge in [0.1, 0.15) is 5.82 Å². The zero-order valence-electron chi connectivity index (χ0n) is 11.2. The van der Waals surface area contributed by atoms with Crippen LogP contribution in [0.3, 0.4) is 0 Å². The van der Waals surface area contributed by atoms with E-state index in [0.29, 0.717) is 12.1 Å². The number of aromatic nitrogens is 1. The second-order valence-corrected chi connectivity index (χ2v) is 4.40. The molecule has 2 aromatic rings. The Morgan fingerprint density at radius 2 is 2.10 bits per heavy atom. The first-order valence-electron chi connectivity index (χ1n) is 6.25. The average Bonchev–Trinajstić information content (AvgIpc) is 2.42. The molecule has 0 aliphatic carbocycles. The van der Waals surface area contributed by atoms with Gasteiger partial charge in [0.25, 0.3) is 5.56 Å². The first-order valence-corrected chi connectivity index (χ1v) is 6.25. The van der Waals surface area contributed by atoms with Crippen molar-refractivity contribution in [2.75, 3.05) is 6.54 Å². The van der Waals surface area contributed by atoms with Crippen molar-refractivity contribution in [3.63, 3.8) is 0 Å². The van der Waals surface area contributed by atoms with Crippen molar-refractivity contribution in [2.45, 2.75) is 13.5 Å². The van der Waals surface area contributed by atoms with Gasteiger partial charge in [-0.2, -0.15) is 0 Å². The lowest BCUT2D eigenvalue weighted by atomic mass is 10.1. The third kappa shape index (κ3) is 3.14. The Labute approximate surface area is 116 Å². The molecule has 0 fully saturated rings. The molecule has 4 heteroatoms. The highest BCUT2D eigenvalue weighted by atomic mass is 19.1. The van der Waals surface area contributed by atoms with Crippen molar-refractivity contribution in [2.24, 2.45) is 5.73 Å². The Kier molecular flexibility index (Phi) is 4.34. The molecule has 2 rings (SSSR count). The molecule has 0 amide bonds. The summed E-state index contributed by atoms with van der Waals surface area (Å²) in [6.07, 6.45) is 0. The first kappa shape index (κ1) is 14.0. The third-order valence-corrected chi connectivity index (χ3v) is 2.99. The predicted molar refractivity (Wildman–Crippen MR) is 76.9 cm³/mol. The number of nitrogens with two attached hydrogens (primary N) is 1. The molecular weight excluding hydrogens is 255 g/mol. The molecule has 0 unspecified atom stereocenters. The SMILES string of the molecule is Cc1cccc(=O)n1Cc1ccc(F)cc1C#CCN. The molecule has 0 saturated heterocycles. The Balaban J connectivity index is 2.46. The minimum Gasteiger partial charge on any atom is -0.320 e. The smallest absolute Gasteiger partial charge is 0.251 e. The van der Waals surface area contributed by atoms with Crippen LogP contribution in [0.5, 0.6) is 0 Å². The summed E-state index contributed by atoms with van der Waals surface area (Å²) in [6, 6.07) is 9.45. The van der Waals surface area contributed by atoms with Crippen molar-refractivity contribution in [1.82, 2.24) is 4.57 Å². The topological polar surface area (TPSA) is 48.0 Å². The van der Waals surface area contributed by atoms with Crippen LogP contribution in [-0.2, 0) is 6.54 Å². The molecular formula is C16H15FN2O. The van der Waals surface area contributed by atoms with Gasteiger partial charge in [-0.25, -0.2) is 4.39 Å². The maximum absolute atomic E-state index is 13.3. The molecule has 0 saturated carbocycles. The maximum Gasteiger partial charge on any atom is 0.251 e. The summed E-state index contributed by atoms with van der Waals surface area (Å²) in [5, 5.41) is 0. The molecule has 0 radical (unpaired) electrons. The summed E-state index contributed by atoms with van der Waals surface area (Å²) in [4.78, 5) is 11.9. The predicted octanol–water partition coefficient (Wildman–Crippen LogP) is 1.65. The van der Waals surface area contributed by atoms with Crippen molar-refractivity contribution in [3.05, 3.63) is 69.4 Å². The van der Waals surface area contributed by atoms with Crippen molar-refractivity contribution in [3.8, 4) is 11.8 Å². The highest BCUT2D eigenvalue weighted by Gasteiger charge is 2.06. The van der Waals surface area contributed by atoms with Gasteiger partial charge in [-0.3, -0.25) is 4.79 Å². The minimum absolute atomic E-state index is 0.0907. The number of hydrogen-bond acceptors (Lipinski definition) is 2. The molecule has 1 aromatic carbocycles. The van der Waals surface area contributed by atoms with Gasteiger partial charge in [0.15, 0.2) is 0 Å². The summed E-state index contributed by atoms with van der Waals surface area (Å²) < 4.78 is 14.9. The molecule has 1 aromatic heterocycles. The summed E-state index contributed by atoms with van der Waals surface area (Å²) in [6.45, 7) is 2.43. The number of rotatable bonds is 2. The molecule has 0 bridgehead atoms. The number of aryl methyl sites for hydroxylation is 1. The molecule has 2 N–H and O–H groups in total. The normalized spacial score (nSPS) is 9.95. The van der Waals surface area contributed by atoms with Crippen LogP contribution in [0.1, 0.15) is 16.8 Å². The fourth-order valence-corrected chi connectivity index (χ4v) is 1.95. The van der Waals surface area contributed by atoms with E-state index in [-0.39, 0.29) is 17.9 Å². The van der Waals surface area contributed by atoms with Gasteiger partial charge in [0.2, 0.25) is 0 Å². The second-order valence-electron chi connectivity index (χ2n) is 4.40. The molecule has 20 heavy (non-hydrogen) atoms. The van der Waals surface area contributed by atoms with E-state index in [0.717, 1.165) is 11.3 Å². The summed E-state index contributed by atoms with van der Waals surface area (Å²) >= 11 is 0. The van der Waals surface area contributed by atoms with Crippen LogP contribution in [-0.4, -0.2) is 11.1 Å². The van der Waals surface area contributed by atoms with Gasteiger partial charge < -0.3 is 10.3 Å². The fourth-order valence-electron chi connectivity index (χ4n) is 1.95. The fraction of sp³-hybridized carbons (Fsp3) is 0.188. The Morgan fingerprint density at radius 3 is 2.80 bits per heavy atom. The highest BCUT2D eigenvalue weighted by molar-refractivity contribution is 5.42. The lowest BCUT2D eigenvalue weighted by Crippen LogP contribution is -2.21. The highest BCUT2D eigenvalue weighted by Crippen LogP contribution is 2.12. The Morgan fingerprint density at radius 1 is 1.30 bits per heavy atom. The number of halogens is 1. The van der Waals surface area contributed by atoms with Gasteiger partial charge in [-0.15, -0.1) is 0 Å².